The zero-order chi connectivity index (χ0) is 35.0. The highest BCUT2D eigenvalue weighted by Crippen LogP contribution is 2.25. The fraction of sp³-hybridized carbons (Fsp3) is 0.378. The third-order valence-corrected chi connectivity index (χ3v) is 10.0. The van der Waals surface area contributed by atoms with Crippen molar-refractivity contribution in [1.82, 2.24) is 14.2 Å². The van der Waals surface area contributed by atoms with Gasteiger partial charge in [-0.1, -0.05) is 56.3 Å². The topological polar surface area (TPSA) is 130 Å². The lowest BCUT2D eigenvalue weighted by molar-refractivity contribution is 0.0689. The number of Topliss-reactive ketones (excluding diaryl/α,β-unsaturated/α-hetero) is 1. The summed E-state index contributed by atoms with van der Waals surface area (Å²) in [5.74, 6) is 0.691. The summed E-state index contributed by atoms with van der Waals surface area (Å²) in [6.45, 7) is 7.68. The maximum absolute atomic E-state index is 13.8. The normalized spacial score (nSPS) is 13.0. The van der Waals surface area contributed by atoms with Gasteiger partial charge in [0.1, 0.15) is 17.2 Å². The third kappa shape index (κ3) is 9.40. The Morgan fingerprint density at radius 2 is 1.54 bits per heavy atom. The van der Waals surface area contributed by atoms with Crippen LogP contribution in [0.3, 0.4) is 0 Å². The molecule has 4 rings (SSSR count). The van der Waals surface area contributed by atoms with Gasteiger partial charge in [0.2, 0.25) is 10.0 Å². The average molecular weight is 676 g/mol. The van der Waals surface area contributed by atoms with E-state index in [0.29, 0.717) is 40.6 Å². The number of aliphatic hydroxyl groups is 1. The monoisotopic (exact) mass is 675 g/mol. The van der Waals surface area contributed by atoms with Crippen LogP contribution in [0.4, 0.5) is 0 Å². The van der Waals surface area contributed by atoms with E-state index in [1.807, 2.05) is 44.2 Å². The largest absolute Gasteiger partial charge is 0.497 e. The van der Waals surface area contributed by atoms with Gasteiger partial charge in [-0.3, -0.25) is 9.59 Å². The van der Waals surface area contributed by atoms with Gasteiger partial charge in [0.05, 0.1) is 24.7 Å². The lowest BCUT2D eigenvalue weighted by atomic mass is 9.87. The highest BCUT2D eigenvalue weighted by atomic mass is 32.2. The van der Waals surface area contributed by atoms with Crippen LogP contribution in [0.1, 0.15) is 63.9 Å². The summed E-state index contributed by atoms with van der Waals surface area (Å²) in [6, 6.07) is 22.1. The predicted molar refractivity (Wildman–Crippen MR) is 183 cm³/mol. The first-order valence-corrected chi connectivity index (χ1v) is 17.4. The molecule has 2 atom stereocenters. The van der Waals surface area contributed by atoms with Crippen molar-refractivity contribution >= 4 is 21.7 Å². The molecule has 0 aliphatic heterocycles. The van der Waals surface area contributed by atoms with Crippen molar-refractivity contribution in [1.29, 1.82) is 0 Å². The highest BCUT2D eigenvalue weighted by Gasteiger charge is 2.32. The molecule has 0 unspecified atom stereocenters. The number of aliphatic hydroxyl groups excluding tert-OH is 1. The molecular weight excluding hydrogens is 630 g/mol. The van der Waals surface area contributed by atoms with Crippen molar-refractivity contribution in [2.24, 2.45) is 11.8 Å². The smallest absolute Gasteiger partial charge is 0.253 e. The Labute approximate surface area is 283 Å². The number of ether oxygens (including phenoxy) is 1. The summed E-state index contributed by atoms with van der Waals surface area (Å²) in [5, 5.41) is 11.6. The van der Waals surface area contributed by atoms with Crippen LogP contribution < -0.4 is 4.74 Å². The van der Waals surface area contributed by atoms with E-state index < -0.39 is 22.0 Å². The second kappa shape index (κ2) is 16.2. The number of ketones is 1. The molecule has 3 aromatic carbocycles. The van der Waals surface area contributed by atoms with Crippen molar-refractivity contribution < 1.29 is 32.3 Å². The molecule has 0 aliphatic carbocycles. The maximum Gasteiger partial charge on any atom is 0.253 e. The number of oxazole rings is 1. The molecule has 1 amide bonds. The van der Waals surface area contributed by atoms with E-state index in [1.165, 1.54) is 28.4 Å². The molecule has 0 radical (unpaired) electrons. The van der Waals surface area contributed by atoms with Crippen molar-refractivity contribution in [2.45, 2.75) is 58.1 Å². The van der Waals surface area contributed by atoms with Crippen LogP contribution in [0.15, 0.2) is 88.2 Å². The summed E-state index contributed by atoms with van der Waals surface area (Å²) in [7, 11) is -0.769. The van der Waals surface area contributed by atoms with Gasteiger partial charge >= 0.3 is 0 Å². The number of amides is 1. The van der Waals surface area contributed by atoms with Crippen LogP contribution in [0.25, 0.3) is 0 Å². The van der Waals surface area contributed by atoms with Gasteiger partial charge in [-0.15, -0.1) is 0 Å². The molecule has 1 aromatic heterocycles. The molecular formula is C37H45N3O7S. The number of aryl methyl sites for hydroxylation is 2. The van der Waals surface area contributed by atoms with Gasteiger partial charge in [-0.2, -0.15) is 4.31 Å². The number of sulfonamides is 1. The molecule has 0 aliphatic rings. The lowest BCUT2D eigenvalue weighted by Crippen LogP contribution is -2.43. The third-order valence-electron chi connectivity index (χ3n) is 8.18. The minimum Gasteiger partial charge on any atom is -0.497 e. The molecule has 0 saturated carbocycles. The van der Waals surface area contributed by atoms with Crippen LogP contribution in [-0.2, 0) is 23.0 Å². The fourth-order valence-electron chi connectivity index (χ4n) is 5.58. The summed E-state index contributed by atoms with van der Waals surface area (Å²) in [5.41, 5.74) is 2.42. The maximum atomic E-state index is 13.8. The number of nitrogens with zero attached hydrogens (tertiary/aromatic N) is 3. The molecule has 48 heavy (non-hydrogen) atoms. The molecule has 0 saturated heterocycles. The number of carbonyl (C=O) groups is 2. The standard InChI is InChI=1S/C37H45N3O7S/c1-25(2)22-40(48(44,45)33-18-16-32(46-6)17-19-33)24-36(42)31(20-28-10-8-7-9-11-28)21-35(41)29-12-14-30(15-13-29)37(43)39(5)23-34-26(3)47-27(4)38-34/h7-19,25,31,36,42H,20-24H2,1-6H3/t31-,36-/m1/s1. The first-order chi connectivity index (χ1) is 22.8. The van der Waals surface area contributed by atoms with E-state index in [-0.39, 0.29) is 48.6 Å². The van der Waals surface area contributed by atoms with Crippen molar-refractivity contribution in [3.8, 4) is 5.75 Å². The Hall–Kier alpha value is -4.32. The lowest BCUT2D eigenvalue weighted by Gasteiger charge is -2.30. The molecule has 0 spiro atoms. The van der Waals surface area contributed by atoms with E-state index in [9.17, 15) is 23.1 Å². The SMILES string of the molecule is COc1ccc(S(=O)(=O)N(CC(C)C)C[C@@H](O)[C@@H](CC(=O)c2ccc(C(=O)N(C)Cc3nc(C)oc3C)cc2)Cc2ccccc2)cc1. The van der Waals surface area contributed by atoms with Crippen molar-refractivity contribution in [3.05, 3.63) is 113 Å². The van der Waals surface area contributed by atoms with Crippen LogP contribution in [0.2, 0.25) is 0 Å². The highest BCUT2D eigenvalue weighted by molar-refractivity contribution is 7.89. The molecule has 4 aromatic rings. The second-order valence-corrected chi connectivity index (χ2v) is 14.4. The molecule has 10 nitrogen and oxygen atoms in total. The average Bonchev–Trinajstić information content (AvgIpc) is 3.39. The fourth-order valence-corrected chi connectivity index (χ4v) is 7.21. The van der Waals surface area contributed by atoms with Crippen LogP contribution in [0, 0.1) is 25.7 Å². The quantitative estimate of drug-likeness (QED) is 0.150. The Bertz CT molecular complexity index is 1770. The first kappa shape index (κ1) is 36.5. The number of benzene rings is 3. The van der Waals surface area contributed by atoms with E-state index in [0.717, 1.165) is 5.56 Å². The molecule has 0 fully saturated rings. The molecule has 11 heteroatoms. The van der Waals surface area contributed by atoms with E-state index in [4.69, 9.17) is 9.15 Å². The van der Waals surface area contributed by atoms with Crippen molar-refractivity contribution in [3.63, 3.8) is 0 Å². The van der Waals surface area contributed by atoms with E-state index in [2.05, 4.69) is 4.98 Å². The zero-order valence-corrected chi connectivity index (χ0v) is 29.2. The molecule has 256 valence electrons. The molecule has 1 N–H and O–H groups in total. The summed E-state index contributed by atoms with van der Waals surface area (Å²) < 4.78 is 39.5. The van der Waals surface area contributed by atoms with E-state index >= 15 is 0 Å². The van der Waals surface area contributed by atoms with Crippen molar-refractivity contribution in [2.75, 3.05) is 27.2 Å². The number of carbonyl (C=O) groups excluding carboxylic acids is 2. The predicted octanol–water partition coefficient (Wildman–Crippen LogP) is 5.71. The minimum atomic E-state index is -3.96. The summed E-state index contributed by atoms with van der Waals surface area (Å²) >= 11 is 0. The van der Waals surface area contributed by atoms with Gasteiger partial charge < -0.3 is 19.2 Å². The minimum absolute atomic E-state index is 0.0104. The Morgan fingerprint density at radius 3 is 2.10 bits per heavy atom. The Morgan fingerprint density at radius 1 is 0.917 bits per heavy atom. The van der Waals surface area contributed by atoms with Crippen LogP contribution >= 0.6 is 0 Å². The van der Waals surface area contributed by atoms with Gasteiger partial charge in [0.25, 0.3) is 5.91 Å². The van der Waals surface area contributed by atoms with Gasteiger partial charge in [-0.05, 0) is 67.1 Å². The number of hydrogen-bond acceptors (Lipinski definition) is 8. The number of methoxy groups -OCH3 is 1. The van der Waals surface area contributed by atoms with Crippen LogP contribution in [0.5, 0.6) is 5.75 Å². The van der Waals surface area contributed by atoms with Gasteiger partial charge in [0, 0.05) is 44.6 Å². The number of rotatable bonds is 16. The number of hydrogen-bond donors (Lipinski definition) is 1. The zero-order valence-electron chi connectivity index (χ0n) is 28.4. The van der Waals surface area contributed by atoms with Gasteiger partial charge in [0.15, 0.2) is 11.7 Å². The molecule has 1 heterocycles. The Balaban J connectivity index is 1.52. The number of aromatic nitrogens is 1. The van der Waals surface area contributed by atoms with Crippen LogP contribution in [-0.4, -0.2) is 72.8 Å². The Kier molecular flexibility index (Phi) is 12.3. The summed E-state index contributed by atoms with van der Waals surface area (Å²) in [6.07, 6.45) is -0.792. The second-order valence-electron chi connectivity index (χ2n) is 12.5. The summed E-state index contributed by atoms with van der Waals surface area (Å²) in [4.78, 5) is 32.7. The van der Waals surface area contributed by atoms with Gasteiger partial charge in [-0.25, -0.2) is 13.4 Å². The molecule has 0 bridgehead atoms. The first-order valence-electron chi connectivity index (χ1n) is 16.0. The van der Waals surface area contributed by atoms with E-state index in [1.54, 1.807) is 57.3 Å².